The third-order valence-electron chi connectivity index (χ3n) is 4.62. The molecule has 0 radical (unpaired) electrons. The van der Waals surface area contributed by atoms with E-state index in [0.717, 1.165) is 22.0 Å². The van der Waals surface area contributed by atoms with Crippen molar-refractivity contribution < 1.29 is 14.3 Å². The topological polar surface area (TPSA) is 55.1 Å². The van der Waals surface area contributed by atoms with Crippen molar-refractivity contribution >= 4 is 28.5 Å². The second kappa shape index (κ2) is 7.44. The first-order chi connectivity index (χ1) is 13.5. The highest BCUT2D eigenvalue weighted by Gasteiger charge is 2.13. The Kier molecular flexibility index (Phi) is 4.84. The van der Waals surface area contributed by atoms with Crippen LogP contribution in [0.25, 0.3) is 10.9 Å². The summed E-state index contributed by atoms with van der Waals surface area (Å²) in [6, 6.07) is 15.9. The summed E-state index contributed by atoms with van der Waals surface area (Å²) in [5.41, 5.74) is 3.44. The summed E-state index contributed by atoms with van der Waals surface area (Å²) in [6.07, 6.45) is 3.81. The molecule has 2 heterocycles. The summed E-state index contributed by atoms with van der Waals surface area (Å²) in [4.78, 5) is 15.6. The summed E-state index contributed by atoms with van der Waals surface area (Å²) < 4.78 is 15.5. The third kappa shape index (κ3) is 3.75. The van der Waals surface area contributed by atoms with Crippen LogP contribution in [0.4, 0.5) is 4.39 Å². The quantitative estimate of drug-likeness (QED) is 0.508. The lowest BCUT2D eigenvalue weighted by Gasteiger charge is -2.08. The molecular weight excluding hydrogens is 379 g/mol. The molecule has 0 fully saturated rings. The standard InChI is InChI=1S/C22H16ClFN2O2/c23-17-11-19(22(27)28)20(25-12-17)10-14-4-5-21-16(8-14)6-7-26(21)13-15-2-1-3-18(24)9-15/h1-9,11-12H,10,13H2,(H,27,28). The Morgan fingerprint density at radius 3 is 2.75 bits per heavy atom. The van der Waals surface area contributed by atoms with Gasteiger partial charge < -0.3 is 9.67 Å². The van der Waals surface area contributed by atoms with Gasteiger partial charge in [0.1, 0.15) is 5.82 Å². The van der Waals surface area contributed by atoms with Crippen LogP contribution in [-0.2, 0) is 13.0 Å². The largest absolute Gasteiger partial charge is 0.478 e. The summed E-state index contributed by atoms with van der Waals surface area (Å²) in [7, 11) is 0. The Morgan fingerprint density at radius 2 is 1.96 bits per heavy atom. The zero-order valence-electron chi connectivity index (χ0n) is 14.8. The van der Waals surface area contributed by atoms with Crippen LogP contribution in [0.1, 0.15) is 27.2 Å². The lowest BCUT2D eigenvalue weighted by Crippen LogP contribution is -2.05. The molecule has 4 aromatic rings. The molecule has 0 saturated carbocycles. The van der Waals surface area contributed by atoms with Crippen LogP contribution in [0.5, 0.6) is 0 Å². The number of benzene rings is 2. The molecule has 0 unspecified atom stereocenters. The van der Waals surface area contributed by atoms with Crippen LogP contribution in [0.3, 0.4) is 0 Å². The number of aromatic carboxylic acids is 1. The van der Waals surface area contributed by atoms with E-state index in [-0.39, 0.29) is 11.4 Å². The van der Waals surface area contributed by atoms with E-state index in [1.807, 2.05) is 36.5 Å². The molecule has 4 nitrogen and oxygen atoms in total. The summed E-state index contributed by atoms with van der Waals surface area (Å²) in [5, 5.41) is 10.7. The normalized spacial score (nSPS) is 11.1. The van der Waals surface area contributed by atoms with Gasteiger partial charge in [0.2, 0.25) is 0 Å². The number of hydrogen-bond donors (Lipinski definition) is 1. The second-order valence-corrected chi connectivity index (χ2v) is 7.03. The first-order valence-corrected chi connectivity index (χ1v) is 9.07. The van der Waals surface area contributed by atoms with E-state index < -0.39 is 5.97 Å². The van der Waals surface area contributed by atoms with E-state index >= 15 is 0 Å². The van der Waals surface area contributed by atoms with Crippen molar-refractivity contribution in [2.75, 3.05) is 0 Å². The highest BCUT2D eigenvalue weighted by atomic mass is 35.5. The summed E-state index contributed by atoms with van der Waals surface area (Å²) in [5.74, 6) is -1.30. The van der Waals surface area contributed by atoms with Gasteiger partial charge in [-0.05, 0) is 52.9 Å². The van der Waals surface area contributed by atoms with Crippen molar-refractivity contribution in [3.8, 4) is 0 Å². The van der Waals surface area contributed by atoms with Crippen molar-refractivity contribution in [1.29, 1.82) is 0 Å². The molecule has 2 aromatic heterocycles. The van der Waals surface area contributed by atoms with Crippen LogP contribution in [0.15, 0.2) is 67.0 Å². The number of pyridine rings is 1. The van der Waals surface area contributed by atoms with Gasteiger partial charge in [-0.3, -0.25) is 4.98 Å². The maximum Gasteiger partial charge on any atom is 0.337 e. The number of fused-ring (bicyclic) bond motifs is 1. The molecule has 0 aliphatic rings. The van der Waals surface area contributed by atoms with Crippen LogP contribution >= 0.6 is 11.6 Å². The van der Waals surface area contributed by atoms with Crippen molar-refractivity contribution in [1.82, 2.24) is 9.55 Å². The Morgan fingerprint density at radius 1 is 1.11 bits per heavy atom. The zero-order chi connectivity index (χ0) is 19.7. The predicted octanol–water partition coefficient (Wildman–Crippen LogP) is 5.17. The number of hydrogen-bond acceptors (Lipinski definition) is 2. The smallest absolute Gasteiger partial charge is 0.337 e. The third-order valence-corrected chi connectivity index (χ3v) is 4.82. The molecule has 28 heavy (non-hydrogen) atoms. The lowest BCUT2D eigenvalue weighted by molar-refractivity contribution is 0.0695. The maximum absolute atomic E-state index is 13.4. The predicted molar refractivity (Wildman–Crippen MR) is 106 cm³/mol. The molecule has 2 aromatic carbocycles. The van der Waals surface area contributed by atoms with Gasteiger partial charge in [-0.1, -0.05) is 29.8 Å². The minimum atomic E-state index is -1.05. The van der Waals surface area contributed by atoms with Gasteiger partial charge in [0.25, 0.3) is 0 Å². The minimum absolute atomic E-state index is 0.108. The molecule has 0 atom stereocenters. The van der Waals surface area contributed by atoms with E-state index in [4.69, 9.17) is 11.6 Å². The summed E-state index contributed by atoms with van der Waals surface area (Å²) in [6.45, 7) is 0.572. The monoisotopic (exact) mass is 394 g/mol. The molecule has 0 amide bonds. The molecule has 0 aliphatic heterocycles. The van der Waals surface area contributed by atoms with E-state index in [1.165, 1.54) is 24.4 Å². The van der Waals surface area contributed by atoms with Gasteiger partial charge in [-0.15, -0.1) is 0 Å². The van der Waals surface area contributed by atoms with E-state index in [0.29, 0.717) is 23.7 Å². The fourth-order valence-electron chi connectivity index (χ4n) is 3.32. The van der Waals surface area contributed by atoms with Crippen LogP contribution in [0.2, 0.25) is 5.02 Å². The number of rotatable bonds is 5. The lowest BCUT2D eigenvalue weighted by atomic mass is 10.0. The van der Waals surface area contributed by atoms with Gasteiger partial charge in [-0.25, -0.2) is 9.18 Å². The summed E-state index contributed by atoms with van der Waals surface area (Å²) >= 11 is 5.87. The van der Waals surface area contributed by atoms with E-state index in [2.05, 4.69) is 9.55 Å². The highest BCUT2D eigenvalue weighted by molar-refractivity contribution is 6.30. The maximum atomic E-state index is 13.4. The number of halogens is 2. The van der Waals surface area contributed by atoms with Crippen molar-refractivity contribution in [2.24, 2.45) is 0 Å². The van der Waals surface area contributed by atoms with E-state index in [1.54, 1.807) is 6.07 Å². The molecule has 0 bridgehead atoms. The minimum Gasteiger partial charge on any atom is -0.478 e. The first kappa shape index (κ1) is 18.2. The van der Waals surface area contributed by atoms with Crippen molar-refractivity contribution in [3.05, 3.63) is 100 Å². The van der Waals surface area contributed by atoms with E-state index in [9.17, 15) is 14.3 Å². The van der Waals surface area contributed by atoms with Gasteiger partial charge in [0.15, 0.2) is 0 Å². The van der Waals surface area contributed by atoms with Gasteiger partial charge in [0.05, 0.1) is 16.3 Å². The number of nitrogens with zero attached hydrogens (tertiary/aromatic N) is 2. The van der Waals surface area contributed by atoms with Gasteiger partial charge in [-0.2, -0.15) is 0 Å². The Bertz CT molecular complexity index is 1190. The number of aromatic nitrogens is 2. The van der Waals surface area contributed by atoms with Gasteiger partial charge in [0, 0.05) is 30.9 Å². The SMILES string of the molecule is O=C(O)c1cc(Cl)cnc1Cc1ccc2c(ccn2Cc2cccc(F)c2)c1. The molecule has 140 valence electrons. The second-order valence-electron chi connectivity index (χ2n) is 6.60. The Hall–Kier alpha value is -3.18. The van der Waals surface area contributed by atoms with Crippen molar-refractivity contribution in [2.45, 2.75) is 13.0 Å². The Balaban J connectivity index is 1.62. The molecule has 0 aliphatic carbocycles. The average molecular weight is 395 g/mol. The van der Waals surface area contributed by atoms with Crippen LogP contribution < -0.4 is 0 Å². The first-order valence-electron chi connectivity index (χ1n) is 8.69. The molecule has 0 saturated heterocycles. The van der Waals surface area contributed by atoms with Gasteiger partial charge >= 0.3 is 5.97 Å². The molecule has 6 heteroatoms. The molecule has 0 spiro atoms. The van der Waals surface area contributed by atoms with Crippen LogP contribution in [-0.4, -0.2) is 20.6 Å². The van der Waals surface area contributed by atoms with Crippen LogP contribution in [0, 0.1) is 5.82 Å². The Labute approximate surface area is 165 Å². The number of carboxylic acid groups (broad SMARTS) is 1. The number of carbonyl (C=O) groups is 1. The zero-order valence-corrected chi connectivity index (χ0v) is 15.5. The fourth-order valence-corrected chi connectivity index (χ4v) is 3.47. The number of carboxylic acids is 1. The molecule has 4 rings (SSSR count). The highest BCUT2D eigenvalue weighted by Crippen LogP contribution is 2.22. The van der Waals surface area contributed by atoms with Crippen molar-refractivity contribution in [3.63, 3.8) is 0 Å². The molecule has 1 N–H and O–H groups in total. The fraction of sp³-hybridized carbons (Fsp3) is 0.0909. The average Bonchev–Trinajstić information content (AvgIpc) is 3.05. The molecular formula is C22H16ClFN2O2.